The monoisotopic (exact) mass is 315 g/mol. The Bertz CT molecular complexity index is 678. The number of hydrogen-bond acceptors (Lipinski definition) is 3. The van der Waals surface area contributed by atoms with Crippen LogP contribution in [0.4, 0.5) is 0 Å². The van der Waals surface area contributed by atoms with Gasteiger partial charge >= 0.3 is 0 Å². The van der Waals surface area contributed by atoms with Crippen LogP contribution in [0.1, 0.15) is 18.1 Å². The van der Waals surface area contributed by atoms with Gasteiger partial charge in [0, 0.05) is 18.9 Å². The largest absolute Gasteiger partial charge is 0.352 e. The molecule has 4 nitrogen and oxygen atoms in total. The Kier molecular flexibility index (Phi) is 5.44. The zero-order chi connectivity index (χ0) is 16.1. The number of thioether (sulfide) groups is 1. The maximum Gasteiger partial charge on any atom is 0.233 e. The molecule has 5 heteroatoms. The van der Waals surface area contributed by atoms with Crippen molar-refractivity contribution in [3.8, 4) is 5.69 Å². The van der Waals surface area contributed by atoms with Crippen LogP contribution < -0.4 is 5.32 Å². The molecule has 1 heterocycles. The molecule has 0 saturated heterocycles. The summed E-state index contributed by atoms with van der Waals surface area (Å²) in [4.78, 5) is 16.4. The highest BCUT2D eigenvalue weighted by atomic mass is 32.2. The number of rotatable bonds is 6. The standard InChI is InChI=1S/C17H21N3OS/c1-5-8-18-16(21)14(4)22-17-19-9-10-20(17)15-7-6-12(2)11-13(15)3/h5-7,9-11,14H,1,8H2,2-4H3,(H,18,21). The number of nitrogens with one attached hydrogen (secondary N) is 1. The molecule has 0 fully saturated rings. The molecule has 1 unspecified atom stereocenters. The van der Waals surface area contributed by atoms with Crippen molar-refractivity contribution in [3.63, 3.8) is 0 Å². The van der Waals surface area contributed by atoms with Gasteiger partial charge in [-0.15, -0.1) is 6.58 Å². The minimum absolute atomic E-state index is 0.0138. The maximum atomic E-state index is 12.0. The van der Waals surface area contributed by atoms with Crippen molar-refractivity contribution in [2.24, 2.45) is 0 Å². The summed E-state index contributed by atoms with van der Waals surface area (Å²) >= 11 is 1.45. The number of carbonyl (C=O) groups excluding carboxylic acids is 1. The highest BCUT2D eigenvalue weighted by Crippen LogP contribution is 2.26. The lowest BCUT2D eigenvalue weighted by molar-refractivity contribution is -0.120. The molecule has 22 heavy (non-hydrogen) atoms. The van der Waals surface area contributed by atoms with E-state index in [0.29, 0.717) is 6.54 Å². The molecule has 0 aliphatic rings. The van der Waals surface area contributed by atoms with Gasteiger partial charge in [-0.25, -0.2) is 4.98 Å². The fourth-order valence-electron chi connectivity index (χ4n) is 2.16. The molecular weight excluding hydrogens is 294 g/mol. The molecule has 0 aliphatic heterocycles. The molecule has 0 bridgehead atoms. The van der Waals surface area contributed by atoms with Crippen molar-refractivity contribution >= 4 is 17.7 Å². The average Bonchev–Trinajstić information content (AvgIpc) is 2.92. The highest BCUT2D eigenvalue weighted by molar-refractivity contribution is 8.00. The Morgan fingerprint density at radius 2 is 2.27 bits per heavy atom. The van der Waals surface area contributed by atoms with E-state index in [1.165, 1.54) is 22.9 Å². The summed E-state index contributed by atoms with van der Waals surface area (Å²) in [7, 11) is 0. The smallest absolute Gasteiger partial charge is 0.233 e. The number of nitrogens with zero attached hydrogens (tertiary/aromatic N) is 2. The van der Waals surface area contributed by atoms with E-state index in [2.05, 4.69) is 48.9 Å². The van der Waals surface area contributed by atoms with Crippen LogP contribution in [0.3, 0.4) is 0 Å². The number of benzene rings is 1. The number of imidazole rings is 1. The predicted octanol–water partition coefficient (Wildman–Crippen LogP) is 3.27. The van der Waals surface area contributed by atoms with E-state index >= 15 is 0 Å². The SMILES string of the molecule is C=CCNC(=O)C(C)Sc1nccn1-c1ccc(C)cc1C. The fraction of sp³-hybridized carbons (Fsp3) is 0.294. The van der Waals surface area contributed by atoms with Crippen molar-refractivity contribution < 1.29 is 4.79 Å². The third-order valence-corrected chi connectivity index (χ3v) is 4.37. The number of aryl methyl sites for hydroxylation is 2. The number of aromatic nitrogens is 2. The van der Waals surface area contributed by atoms with Crippen LogP contribution in [-0.2, 0) is 4.79 Å². The van der Waals surface area contributed by atoms with Gasteiger partial charge in [-0.2, -0.15) is 0 Å². The van der Waals surface area contributed by atoms with Gasteiger partial charge in [0.25, 0.3) is 0 Å². The number of carbonyl (C=O) groups is 1. The van der Waals surface area contributed by atoms with Crippen LogP contribution >= 0.6 is 11.8 Å². The molecule has 1 N–H and O–H groups in total. The van der Waals surface area contributed by atoms with Crippen LogP contribution in [0.2, 0.25) is 0 Å². The van der Waals surface area contributed by atoms with Crippen LogP contribution in [-0.4, -0.2) is 27.3 Å². The summed E-state index contributed by atoms with van der Waals surface area (Å²) in [5.41, 5.74) is 3.50. The molecule has 0 saturated carbocycles. The van der Waals surface area contributed by atoms with E-state index in [0.717, 1.165) is 10.8 Å². The van der Waals surface area contributed by atoms with Crippen LogP contribution in [0, 0.1) is 13.8 Å². The summed E-state index contributed by atoms with van der Waals surface area (Å²) in [6.07, 6.45) is 5.36. The topological polar surface area (TPSA) is 46.9 Å². The lowest BCUT2D eigenvalue weighted by atomic mass is 10.1. The molecule has 1 aromatic heterocycles. The Balaban J connectivity index is 2.19. The van der Waals surface area contributed by atoms with E-state index in [1.807, 2.05) is 17.7 Å². The van der Waals surface area contributed by atoms with Crippen molar-refractivity contribution in [3.05, 3.63) is 54.4 Å². The average molecular weight is 315 g/mol. The summed E-state index contributed by atoms with van der Waals surface area (Å²) < 4.78 is 2.02. The first-order valence-electron chi connectivity index (χ1n) is 7.19. The van der Waals surface area contributed by atoms with Crippen molar-refractivity contribution in [1.29, 1.82) is 0 Å². The molecule has 1 atom stereocenters. The first kappa shape index (κ1) is 16.4. The van der Waals surface area contributed by atoms with Gasteiger partial charge in [0.2, 0.25) is 5.91 Å². The maximum absolute atomic E-state index is 12.0. The Morgan fingerprint density at radius 3 is 2.95 bits per heavy atom. The highest BCUT2D eigenvalue weighted by Gasteiger charge is 2.17. The lowest BCUT2D eigenvalue weighted by Crippen LogP contribution is -2.31. The number of amides is 1. The van der Waals surface area contributed by atoms with Gasteiger partial charge in [-0.05, 0) is 32.4 Å². The van der Waals surface area contributed by atoms with Crippen LogP contribution in [0.15, 0.2) is 48.4 Å². The fourth-order valence-corrected chi connectivity index (χ4v) is 3.07. The van der Waals surface area contributed by atoms with Gasteiger partial charge < -0.3 is 5.32 Å². The third-order valence-electron chi connectivity index (χ3n) is 3.29. The molecule has 0 spiro atoms. The minimum Gasteiger partial charge on any atom is -0.352 e. The first-order valence-corrected chi connectivity index (χ1v) is 8.07. The Labute approximate surface area is 135 Å². The summed E-state index contributed by atoms with van der Waals surface area (Å²) in [6.45, 7) is 10.1. The van der Waals surface area contributed by atoms with E-state index in [9.17, 15) is 4.79 Å². The second kappa shape index (κ2) is 7.31. The van der Waals surface area contributed by atoms with E-state index in [1.54, 1.807) is 12.3 Å². The Morgan fingerprint density at radius 1 is 1.50 bits per heavy atom. The van der Waals surface area contributed by atoms with Crippen LogP contribution in [0.25, 0.3) is 5.69 Å². The van der Waals surface area contributed by atoms with Gasteiger partial charge in [0.15, 0.2) is 5.16 Å². The molecule has 2 aromatic rings. The van der Waals surface area contributed by atoms with Gasteiger partial charge in [0.1, 0.15) is 0 Å². The molecule has 1 amide bonds. The van der Waals surface area contributed by atoms with Crippen molar-refractivity contribution in [1.82, 2.24) is 14.9 Å². The molecule has 2 rings (SSSR count). The third kappa shape index (κ3) is 3.80. The lowest BCUT2D eigenvalue weighted by Gasteiger charge is -2.14. The second-order valence-corrected chi connectivity index (χ2v) is 6.47. The predicted molar refractivity (Wildman–Crippen MR) is 91.6 cm³/mol. The van der Waals surface area contributed by atoms with Gasteiger partial charge in [-0.1, -0.05) is 35.5 Å². The Hall–Kier alpha value is -2.01. The molecule has 0 aliphatic carbocycles. The minimum atomic E-state index is -0.216. The normalized spacial score (nSPS) is 12.0. The van der Waals surface area contributed by atoms with E-state index in [4.69, 9.17) is 0 Å². The van der Waals surface area contributed by atoms with Crippen LogP contribution in [0.5, 0.6) is 0 Å². The molecule has 1 aromatic carbocycles. The second-order valence-electron chi connectivity index (χ2n) is 5.16. The van der Waals surface area contributed by atoms with E-state index in [-0.39, 0.29) is 11.2 Å². The molecular formula is C17H21N3OS. The summed E-state index contributed by atoms with van der Waals surface area (Å²) in [5, 5.41) is 3.41. The zero-order valence-corrected chi connectivity index (χ0v) is 14.0. The number of hydrogen-bond donors (Lipinski definition) is 1. The zero-order valence-electron chi connectivity index (χ0n) is 13.2. The van der Waals surface area contributed by atoms with Gasteiger partial charge in [0.05, 0.1) is 10.9 Å². The van der Waals surface area contributed by atoms with Crippen molar-refractivity contribution in [2.75, 3.05) is 6.54 Å². The van der Waals surface area contributed by atoms with E-state index < -0.39 is 0 Å². The quantitative estimate of drug-likeness (QED) is 0.657. The summed E-state index contributed by atoms with van der Waals surface area (Å²) in [5.74, 6) is -0.0138. The first-order chi connectivity index (χ1) is 10.5. The van der Waals surface area contributed by atoms with Gasteiger partial charge in [-0.3, -0.25) is 9.36 Å². The van der Waals surface area contributed by atoms with Crippen molar-refractivity contribution in [2.45, 2.75) is 31.2 Å². The molecule has 116 valence electrons. The summed E-state index contributed by atoms with van der Waals surface area (Å²) in [6, 6.07) is 6.31. The molecule has 0 radical (unpaired) electrons.